The molecule has 3 heteroatoms. The predicted molar refractivity (Wildman–Crippen MR) is 243 cm³/mol. The van der Waals surface area contributed by atoms with E-state index >= 15 is 0 Å². The van der Waals surface area contributed by atoms with Crippen molar-refractivity contribution in [1.29, 1.82) is 0 Å². The smallest absolute Gasteiger partial charge is 0.159 e. The lowest BCUT2D eigenvalue weighted by molar-refractivity contribution is -0.679. The van der Waals surface area contributed by atoms with Crippen LogP contribution in [0.25, 0.3) is 96.7 Å². The molecule has 0 spiro atoms. The van der Waals surface area contributed by atoms with E-state index in [-0.39, 0.29) is 0 Å². The third kappa shape index (κ3) is 5.07. The number of hydrogen-bond donors (Lipinski definition) is 1. The van der Waals surface area contributed by atoms with Gasteiger partial charge in [0.15, 0.2) is 5.69 Å². The fourth-order valence-electron chi connectivity index (χ4n) is 9.13. The van der Waals surface area contributed by atoms with E-state index in [0.29, 0.717) is 0 Å². The number of nitrogens with one attached hydrogen (secondary N) is 1. The van der Waals surface area contributed by atoms with Crippen LogP contribution in [0.1, 0.15) is 0 Å². The molecule has 10 aromatic carbocycles. The van der Waals surface area contributed by atoms with Gasteiger partial charge in [-0.15, -0.1) is 11.3 Å². The van der Waals surface area contributed by atoms with Gasteiger partial charge in [0.1, 0.15) is 22.5 Å². The van der Waals surface area contributed by atoms with Gasteiger partial charge in [-0.3, -0.25) is 0 Å². The van der Waals surface area contributed by atoms with Crippen LogP contribution in [-0.2, 0) is 0 Å². The van der Waals surface area contributed by atoms with E-state index in [9.17, 15) is 0 Å². The molecule has 12 rings (SSSR count). The Morgan fingerprint density at radius 1 is 0.316 bits per heavy atom. The van der Waals surface area contributed by atoms with Crippen molar-refractivity contribution in [3.63, 3.8) is 0 Å². The highest BCUT2D eigenvalue weighted by Crippen LogP contribution is 2.44. The SMILES string of the molecule is c1ccc(-c2ccc([NH+](c3ccc4c(c3)c3ccccc3c3cc5c(cc43)oc3ccccc35)c3cccc4c3sc3c(-c5ccccc5)cccc34)cc2)cc1. The molecule has 266 valence electrons. The van der Waals surface area contributed by atoms with Gasteiger partial charge in [-0.2, -0.15) is 0 Å². The molecule has 12 aromatic rings. The molecule has 0 aliphatic carbocycles. The first-order valence-electron chi connectivity index (χ1n) is 19.5. The van der Waals surface area contributed by atoms with Crippen LogP contribution in [0.5, 0.6) is 0 Å². The second kappa shape index (κ2) is 12.8. The standard InChI is InChI=1S/C54H33NOS/c1-3-13-34(14-4-1)35-25-27-37(28-26-35)55(50-23-12-22-45-44-21-11-20-39(53(44)57-54(45)50)36-15-5-2-6-16-36)38-29-30-42-46(31-38)40-17-7-8-18-41(40)47-32-49-43-19-9-10-24-51(43)56-52(49)33-48(42)47/h1-33H/p+1. The second-order valence-electron chi connectivity index (χ2n) is 14.9. The summed E-state index contributed by atoms with van der Waals surface area (Å²) >= 11 is 1.91. The van der Waals surface area contributed by atoms with Gasteiger partial charge in [0.25, 0.3) is 0 Å². The highest BCUT2D eigenvalue weighted by molar-refractivity contribution is 7.26. The number of rotatable bonds is 5. The largest absolute Gasteiger partial charge is 0.456 e. The van der Waals surface area contributed by atoms with Crippen molar-refractivity contribution in [1.82, 2.24) is 0 Å². The molecule has 1 N–H and O–H groups in total. The van der Waals surface area contributed by atoms with Crippen LogP contribution in [0.4, 0.5) is 17.1 Å². The molecule has 0 saturated heterocycles. The molecule has 0 bridgehead atoms. The van der Waals surface area contributed by atoms with Crippen LogP contribution < -0.4 is 4.90 Å². The zero-order valence-electron chi connectivity index (χ0n) is 30.9. The molecule has 0 aliphatic heterocycles. The van der Waals surface area contributed by atoms with E-state index in [1.165, 1.54) is 96.7 Å². The van der Waals surface area contributed by atoms with Gasteiger partial charge in [0, 0.05) is 56.6 Å². The minimum Gasteiger partial charge on any atom is -0.456 e. The maximum Gasteiger partial charge on any atom is 0.159 e. The minimum atomic E-state index is 0.918. The molecule has 0 amide bonds. The Morgan fingerprint density at radius 3 is 1.65 bits per heavy atom. The average Bonchev–Trinajstić information content (AvgIpc) is 3.85. The molecule has 2 nitrogen and oxygen atoms in total. The number of fused-ring (bicyclic) bond motifs is 12. The summed E-state index contributed by atoms with van der Waals surface area (Å²) in [5.41, 5.74) is 10.4. The molecular weight excluding hydrogens is 711 g/mol. The molecular formula is C54H34NOS+. The van der Waals surface area contributed by atoms with E-state index in [4.69, 9.17) is 4.42 Å². The Balaban J connectivity index is 1.12. The average molecular weight is 745 g/mol. The molecule has 1 atom stereocenters. The van der Waals surface area contributed by atoms with Gasteiger partial charge >= 0.3 is 0 Å². The van der Waals surface area contributed by atoms with Crippen molar-refractivity contribution < 1.29 is 9.32 Å². The highest BCUT2D eigenvalue weighted by atomic mass is 32.1. The van der Waals surface area contributed by atoms with Gasteiger partial charge in [0.2, 0.25) is 0 Å². The second-order valence-corrected chi connectivity index (χ2v) is 16.0. The minimum absolute atomic E-state index is 0.918. The Kier molecular flexibility index (Phi) is 7.21. The van der Waals surface area contributed by atoms with Crippen LogP contribution in [0.3, 0.4) is 0 Å². The summed E-state index contributed by atoms with van der Waals surface area (Å²) in [5.74, 6) is 0. The van der Waals surface area contributed by atoms with Crippen molar-refractivity contribution in [3.05, 3.63) is 200 Å². The monoisotopic (exact) mass is 744 g/mol. The summed E-state index contributed by atoms with van der Waals surface area (Å²) in [7, 11) is 0. The summed E-state index contributed by atoms with van der Waals surface area (Å²) in [6.45, 7) is 0. The van der Waals surface area contributed by atoms with Gasteiger partial charge < -0.3 is 4.42 Å². The first-order valence-corrected chi connectivity index (χ1v) is 20.3. The summed E-state index contributed by atoms with van der Waals surface area (Å²) < 4.78 is 9.06. The van der Waals surface area contributed by atoms with Crippen molar-refractivity contribution in [2.75, 3.05) is 0 Å². The number of thiophene rings is 1. The van der Waals surface area contributed by atoms with E-state index in [1.54, 1.807) is 0 Å². The molecule has 0 aliphatic rings. The van der Waals surface area contributed by atoms with Crippen LogP contribution in [0.2, 0.25) is 0 Å². The van der Waals surface area contributed by atoms with E-state index in [1.807, 2.05) is 17.4 Å². The summed E-state index contributed by atoms with van der Waals surface area (Å²) in [6, 6.07) is 73.1. The van der Waals surface area contributed by atoms with Crippen molar-refractivity contribution in [3.8, 4) is 22.3 Å². The lowest BCUT2D eigenvalue weighted by Gasteiger charge is -2.21. The molecule has 57 heavy (non-hydrogen) atoms. The van der Waals surface area contributed by atoms with E-state index in [2.05, 4.69) is 194 Å². The van der Waals surface area contributed by atoms with Crippen LogP contribution >= 0.6 is 11.3 Å². The fourth-order valence-corrected chi connectivity index (χ4v) is 10.5. The molecule has 0 saturated carbocycles. The third-order valence-electron chi connectivity index (χ3n) is 11.8. The summed E-state index contributed by atoms with van der Waals surface area (Å²) in [4.78, 5) is 1.23. The Bertz CT molecular complexity index is 3510. The fraction of sp³-hybridized carbons (Fsp3) is 0. The topological polar surface area (TPSA) is 17.6 Å². The third-order valence-corrected chi connectivity index (χ3v) is 13.1. The summed E-state index contributed by atoms with van der Waals surface area (Å²) in [6.07, 6.45) is 0. The van der Waals surface area contributed by atoms with Crippen molar-refractivity contribution in [2.24, 2.45) is 0 Å². The zero-order valence-corrected chi connectivity index (χ0v) is 31.7. The van der Waals surface area contributed by atoms with Crippen LogP contribution in [-0.4, -0.2) is 0 Å². The lowest BCUT2D eigenvalue weighted by Crippen LogP contribution is -2.96. The number of para-hydroxylation sites is 1. The number of furan rings is 1. The number of benzene rings is 10. The zero-order chi connectivity index (χ0) is 37.5. The van der Waals surface area contributed by atoms with Gasteiger partial charge in [0.05, 0.1) is 4.70 Å². The molecule has 1 unspecified atom stereocenters. The Hall–Kier alpha value is -7.04. The first kappa shape index (κ1) is 32.2. The summed E-state index contributed by atoms with van der Waals surface area (Å²) in [5, 5.41) is 12.3. The van der Waals surface area contributed by atoms with Gasteiger partial charge in [-0.05, 0) is 91.0 Å². The molecule has 2 heterocycles. The Morgan fingerprint density at radius 2 is 0.877 bits per heavy atom. The van der Waals surface area contributed by atoms with Crippen LogP contribution in [0, 0.1) is 0 Å². The van der Waals surface area contributed by atoms with Crippen molar-refractivity contribution >= 4 is 103 Å². The maximum absolute atomic E-state index is 6.44. The first-order chi connectivity index (χ1) is 28.3. The van der Waals surface area contributed by atoms with E-state index in [0.717, 1.165) is 21.9 Å². The molecule has 2 aromatic heterocycles. The van der Waals surface area contributed by atoms with Gasteiger partial charge in [-0.1, -0.05) is 133 Å². The van der Waals surface area contributed by atoms with Crippen molar-refractivity contribution in [2.45, 2.75) is 0 Å². The Labute approximate surface area is 333 Å². The lowest BCUT2D eigenvalue weighted by atomic mass is 9.92. The van der Waals surface area contributed by atoms with Gasteiger partial charge in [-0.25, -0.2) is 4.90 Å². The maximum atomic E-state index is 6.44. The predicted octanol–water partition coefficient (Wildman–Crippen LogP) is 14.9. The molecule has 0 radical (unpaired) electrons. The van der Waals surface area contributed by atoms with E-state index < -0.39 is 0 Å². The quantitative estimate of drug-likeness (QED) is 0.174. The highest BCUT2D eigenvalue weighted by Gasteiger charge is 2.26. The number of quaternary nitrogens is 1. The molecule has 0 fully saturated rings. The number of hydrogen-bond acceptors (Lipinski definition) is 2. The normalized spacial score (nSPS) is 12.5. The van der Waals surface area contributed by atoms with Crippen LogP contribution in [0.15, 0.2) is 205 Å².